The fourth-order valence-electron chi connectivity index (χ4n) is 2.56. The summed E-state index contributed by atoms with van der Waals surface area (Å²) in [5, 5.41) is 6.28. The van der Waals surface area contributed by atoms with Gasteiger partial charge in [-0.1, -0.05) is 17.7 Å². The highest BCUT2D eigenvalue weighted by atomic mass is 35.5. The van der Waals surface area contributed by atoms with Crippen LogP contribution in [0.1, 0.15) is 21.7 Å². The van der Waals surface area contributed by atoms with E-state index in [2.05, 4.69) is 10.4 Å². The number of hydrogen-bond acceptors (Lipinski definition) is 2. The maximum atomic E-state index is 13.7. The summed E-state index contributed by atoms with van der Waals surface area (Å²) < 4.78 is 55.1. The molecular weight excluding hydrogens is 386 g/mol. The Kier molecular flexibility index (Phi) is 5.18. The van der Waals surface area contributed by atoms with E-state index in [0.717, 1.165) is 24.3 Å². The topological polar surface area (TPSA) is 46.9 Å². The molecule has 0 bridgehead atoms. The molecule has 1 amide bonds. The van der Waals surface area contributed by atoms with Gasteiger partial charge in [0.05, 0.1) is 5.56 Å². The first-order valence-electron chi connectivity index (χ1n) is 7.64. The molecule has 1 unspecified atom stereocenters. The Balaban J connectivity index is 2.01. The number of anilines is 1. The number of amides is 1. The Morgan fingerprint density at radius 3 is 2.56 bits per heavy atom. The lowest BCUT2D eigenvalue weighted by Gasteiger charge is -2.12. The lowest BCUT2D eigenvalue weighted by atomic mass is 10.0. The average Bonchev–Trinajstić information content (AvgIpc) is 3.01. The lowest BCUT2D eigenvalue weighted by molar-refractivity contribution is 0.102. The first-order chi connectivity index (χ1) is 12.8. The van der Waals surface area contributed by atoms with Crippen molar-refractivity contribution in [2.24, 2.45) is 7.05 Å². The maximum absolute atomic E-state index is 13.7. The number of alkyl halides is 2. The van der Waals surface area contributed by atoms with Crippen LogP contribution in [0.3, 0.4) is 0 Å². The molecular formula is C18H12ClF4N3O. The number of carbonyl (C=O) groups excluding carboxylic acids is 1. The van der Waals surface area contributed by atoms with Crippen LogP contribution < -0.4 is 5.32 Å². The number of aromatic nitrogens is 2. The van der Waals surface area contributed by atoms with Gasteiger partial charge in [0.25, 0.3) is 5.91 Å². The van der Waals surface area contributed by atoms with Gasteiger partial charge < -0.3 is 5.32 Å². The quantitative estimate of drug-likeness (QED) is 0.499. The highest BCUT2D eigenvalue weighted by Crippen LogP contribution is 2.31. The van der Waals surface area contributed by atoms with Gasteiger partial charge in [0.15, 0.2) is 11.6 Å². The van der Waals surface area contributed by atoms with Crippen LogP contribution in [-0.4, -0.2) is 15.7 Å². The third kappa shape index (κ3) is 3.95. The predicted molar refractivity (Wildman–Crippen MR) is 92.6 cm³/mol. The van der Waals surface area contributed by atoms with E-state index in [9.17, 15) is 22.4 Å². The third-order valence-corrected chi connectivity index (χ3v) is 3.98. The van der Waals surface area contributed by atoms with Crippen molar-refractivity contribution < 1.29 is 22.4 Å². The third-order valence-electron chi connectivity index (χ3n) is 3.77. The molecule has 0 saturated carbocycles. The summed E-state index contributed by atoms with van der Waals surface area (Å²) in [4.78, 5) is 12.5. The number of carbonyl (C=O) groups is 1. The molecule has 1 N–H and O–H groups in total. The van der Waals surface area contributed by atoms with Crippen LogP contribution in [0.5, 0.6) is 0 Å². The number of hydrogen-bond donors (Lipinski definition) is 1. The SMILES string of the molecule is Cn1cc(C(=O)Nc2ccc(F)cc2-c2ccc(F)c(F)c2)c(C(F)Cl)n1. The van der Waals surface area contributed by atoms with Gasteiger partial charge in [0.2, 0.25) is 5.63 Å². The van der Waals surface area contributed by atoms with E-state index in [4.69, 9.17) is 11.6 Å². The molecule has 3 rings (SSSR count). The molecule has 1 atom stereocenters. The predicted octanol–water partition coefficient (Wildman–Crippen LogP) is 4.96. The molecule has 27 heavy (non-hydrogen) atoms. The number of halogens is 5. The summed E-state index contributed by atoms with van der Waals surface area (Å²) in [7, 11) is 1.49. The number of aryl methyl sites for hydroxylation is 1. The van der Waals surface area contributed by atoms with Crippen LogP contribution in [0.25, 0.3) is 11.1 Å². The zero-order valence-electron chi connectivity index (χ0n) is 13.8. The largest absolute Gasteiger partial charge is 0.321 e. The summed E-state index contributed by atoms with van der Waals surface area (Å²) in [5.74, 6) is -3.56. The summed E-state index contributed by atoms with van der Waals surface area (Å²) in [6.45, 7) is 0. The molecule has 0 aliphatic carbocycles. The van der Waals surface area contributed by atoms with Gasteiger partial charge >= 0.3 is 0 Å². The molecule has 0 spiro atoms. The molecule has 4 nitrogen and oxygen atoms in total. The Labute approximate surface area is 156 Å². The van der Waals surface area contributed by atoms with Gasteiger partial charge in [0.1, 0.15) is 11.5 Å². The molecule has 2 aromatic carbocycles. The van der Waals surface area contributed by atoms with Crippen molar-refractivity contribution in [3.63, 3.8) is 0 Å². The van der Waals surface area contributed by atoms with Crippen molar-refractivity contribution in [2.45, 2.75) is 5.63 Å². The molecule has 0 radical (unpaired) electrons. The highest BCUT2D eigenvalue weighted by Gasteiger charge is 2.22. The van der Waals surface area contributed by atoms with Crippen molar-refractivity contribution in [1.82, 2.24) is 9.78 Å². The van der Waals surface area contributed by atoms with E-state index in [1.54, 1.807) is 0 Å². The van der Waals surface area contributed by atoms with Gasteiger partial charge in [0, 0.05) is 24.5 Å². The monoisotopic (exact) mass is 397 g/mol. The lowest BCUT2D eigenvalue weighted by Crippen LogP contribution is -2.14. The van der Waals surface area contributed by atoms with Crippen molar-refractivity contribution in [3.8, 4) is 11.1 Å². The number of benzene rings is 2. The van der Waals surface area contributed by atoms with Crippen LogP contribution in [0.4, 0.5) is 23.2 Å². The Morgan fingerprint density at radius 1 is 1.15 bits per heavy atom. The number of rotatable bonds is 4. The van der Waals surface area contributed by atoms with E-state index >= 15 is 0 Å². The molecule has 1 heterocycles. The first kappa shape index (κ1) is 18.9. The Morgan fingerprint density at radius 2 is 1.89 bits per heavy atom. The molecule has 1 aromatic heterocycles. The summed E-state index contributed by atoms with van der Waals surface area (Å²) in [6, 6.07) is 6.42. The van der Waals surface area contributed by atoms with Crippen molar-refractivity contribution in [1.29, 1.82) is 0 Å². The van der Waals surface area contributed by atoms with Gasteiger partial charge in [-0.3, -0.25) is 9.48 Å². The van der Waals surface area contributed by atoms with E-state index in [1.807, 2.05) is 0 Å². The van der Waals surface area contributed by atoms with E-state index < -0.39 is 29.0 Å². The van der Waals surface area contributed by atoms with E-state index in [1.165, 1.54) is 30.1 Å². The zero-order chi connectivity index (χ0) is 19.7. The van der Waals surface area contributed by atoms with Gasteiger partial charge in [-0.15, -0.1) is 0 Å². The minimum atomic E-state index is -1.99. The summed E-state index contributed by atoms with van der Waals surface area (Å²) in [5.41, 5.74) is -1.99. The number of nitrogens with one attached hydrogen (secondary N) is 1. The fraction of sp³-hybridized carbons (Fsp3) is 0.111. The fourth-order valence-corrected chi connectivity index (χ4v) is 2.72. The van der Waals surface area contributed by atoms with Crippen molar-refractivity contribution in [2.75, 3.05) is 5.32 Å². The minimum absolute atomic E-state index is 0.111. The van der Waals surface area contributed by atoms with Crippen LogP contribution in [0.15, 0.2) is 42.6 Å². The second kappa shape index (κ2) is 7.40. The zero-order valence-corrected chi connectivity index (χ0v) is 14.6. The van der Waals surface area contributed by atoms with E-state index in [0.29, 0.717) is 0 Å². The summed E-state index contributed by atoms with van der Waals surface area (Å²) >= 11 is 5.40. The molecule has 0 saturated heterocycles. The molecule has 0 aliphatic rings. The Hall–Kier alpha value is -2.87. The average molecular weight is 398 g/mol. The smallest absolute Gasteiger partial charge is 0.259 e. The van der Waals surface area contributed by atoms with Crippen molar-refractivity contribution >= 4 is 23.2 Å². The van der Waals surface area contributed by atoms with Gasteiger partial charge in [-0.05, 0) is 35.9 Å². The van der Waals surface area contributed by atoms with Crippen molar-refractivity contribution in [3.05, 3.63) is 71.3 Å². The first-order valence-corrected chi connectivity index (χ1v) is 8.08. The second-order valence-electron chi connectivity index (χ2n) is 5.68. The Bertz CT molecular complexity index is 1020. The van der Waals surface area contributed by atoms with Crippen LogP contribution >= 0.6 is 11.6 Å². The normalized spacial score (nSPS) is 12.1. The molecule has 0 aliphatic heterocycles. The summed E-state index contributed by atoms with van der Waals surface area (Å²) in [6.07, 6.45) is 1.28. The van der Waals surface area contributed by atoms with E-state index in [-0.39, 0.29) is 28.1 Å². The standard InChI is InChI=1S/C18H12ClF4N3O/c1-26-8-12(16(25-26)17(19)23)18(27)24-15-5-3-10(20)7-11(15)9-2-4-13(21)14(22)6-9/h2-8,17H,1H3,(H,24,27). The van der Waals surface area contributed by atoms with Crippen LogP contribution in [0.2, 0.25) is 0 Å². The highest BCUT2D eigenvalue weighted by molar-refractivity contribution is 6.20. The molecule has 9 heteroatoms. The number of nitrogens with zero attached hydrogens (tertiary/aromatic N) is 2. The van der Waals surface area contributed by atoms with Gasteiger partial charge in [-0.2, -0.15) is 5.10 Å². The van der Waals surface area contributed by atoms with Gasteiger partial charge in [-0.25, -0.2) is 17.6 Å². The minimum Gasteiger partial charge on any atom is -0.321 e. The second-order valence-corrected chi connectivity index (χ2v) is 6.06. The molecule has 0 fully saturated rings. The maximum Gasteiger partial charge on any atom is 0.259 e. The molecule has 140 valence electrons. The molecule has 3 aromatic rings. The van der Waals surface area contributed by atoms with Crippen LogP contribution in [-0.2, 0) is 7.05 Å². The van der Waals surface area contributed by atoms with Crippen LogP contribution in [0, 0.1) is 17.5 Å².